The van der Waals surface area contributed by atoms with Crippen molar-refractivity contribution in [2.24, 2.45) is 11.3 Å². The standard InChI is InChI=1S/C16H31NO3/c1-5-14(6-2)17(10-13(3)4)11-16(15(18)19)8-7-9-20-12-16/h13-14H,5-12H2,1-4H3,(H,18,19). The first kappa shape index (κ1) is 17.4. The zero-order chi connectivity index (χ0) is 15.2. The van der Waals surface area contributed by atoms with Crippen LogP contribution in [0.2, 0.25) is 0 Å². The Morgan fingerprint density at radius 2 is 2.00 bits per heavy atom. The Bertz CT molecular complexity index is 294. The van der Waals surface area contributed by atoms with E-state index in [1.54, 1.807) is 0 Å². The number of rotatable bonds is 8. The molecule has 1 saturated heterocycles. The van der Waals surface area contributed by atoms with Gasteiger partial charge in [0.15, 0.2) is 0 Å². The highest BCUT2D eigenvalue weighted by atomic mass is 16.5. The molecule has 20 heavy (non-hydrogen) atoms. The topological polar surface area (TPSA) is 49.8 Å². The molecule has 0 aromatic heterocycles. The molecule has 1 aliphatic rings. The van der Waals surface area contributed by atoms with Gasteiger partial charge in [-0.2, -0.15) is 0 Å². The van der Waals surface area contributed by atoms with Crippen LogP contribution < -0.4 is 0 Å². The summed E-state index contributed by atoms with van der Waals surface area (Å²) in [6.07, 6.45) is 3.72. The number of nitrogens with zero attached hydrogens (tertiary/aromatic N) is 1. The van der Waals surface area contributed by atoms with Crippen LogP contribution in [0.4, 0.5) is 0 Å². The minimum Gasteiger partial charge on any atom is -0.481 e. The van der Waals surface area contributed by atoms with Crippen molar-refractivity contribution in [1.29, 1.82) is 0 Å². The lowest BCUT2D eigenvalue weighted by molar-refractivity contribution is -0.160. The Kier molecular flexibility index (Phi) is 6.96. The number of ether oxygens (including phenoxy) is 1. The third kappa shape index (κ3) is 4.45. The lowest BCUT2D eigenvalue weighted by atomic mass is 9.81. The van der Waals surface area contributed by atoms with E-state index in [2.05, 4.69) is 32.6 Å². The molecule has 4 heteroatoms. The average Bonchev–Trinajstić information content (AvgIpc) is 2.40. The fraction of sp³-hybridized carbons (Fsp3) is 0.938. The van der Waals surface area contributed by atoms with Crippen LogP contribution in [0, 0.1) is 11.3 Å². The van der Waals surface area contributed by atoms with E-state index < -0.39 is 11.4 Å². The van der Waals surface area contributed by atoms with Crippen LogP contribution in [0.5, 0.6) is 0 Å². The van der Waals surface area contributed by atoms with Crippen molar-refractivity contribution in [2.75, 3.05) is 26.3 Å². The summed E-state index contributed by atoms with van der Waals surface area (Å²) in [6, 6.07) is 0.468. The van der Waals surface area contributed by atoms with Crippen LogP contribution in [0.15, 0.2) is 0 Å². The van der Waals surface area contributed by atoms with Crippen LogP contribution in [0.3, 0.4) is 0 Å². The summed E-state index contributed by atoms with van der Waals surface area (Å²) in [4.78, 5) is 14.2. The van der Waals surface area contributed by atoms with Crippen molar-refractivity contribution in [1.82, 2.24) is 4.90 Å². The van der Waals surface area contributed by atoms with Crippen molar-refractivity contribution in [3.63, 3.8) is 0 Å². The van der Waals surface area contributed by atoms with Gasteiger partial charge in [-0.05, 0) is 31.6 Å². The van der Waals surface area contributed by atoms with Gasteiger partial charge in [0.2, 0.25) is 0 Å². The van der Waals surface area contributed by atoms with Crippen molar-refractivity contribution in [3.05, 3.63) is 0 Å². The zero-order valence-corrected chi connectivity index (χ0v) is 13.5. The number of carboxylic acids is 1. The normalized spacial score (nSPS) is 23.8. The molecule has 0 saturated carbocycles. The van der Waals surface area contributed by atoms with E-state index in [4.69, 9.17) is 4.74 Å². The Hall–Kier alpha value is -0.610. The van der Waals surface area contributed by atoms with Gasteiger partial charge in [-0.3, -0.25) is 9.69 Å². The van der Waals surface area contributed by atoms with Crippen LogP contribution in [-0.2, 0) is 9.53 Å². The second-order valence-corrected chi connectivity index (χ2v) is 6.54. The summed E-state index contributed by atoms with van der Waals surface area (Å²) in [5.74, 6) is -0.150. The fourth-order valence-corrected chi connectivity index (χ4v) is 3.22. The van der Waals surface area contributed by atoms with Gasteiger partial charge in [0.05, 0.1) is 6.61 Å². The molecule has 1 N–H and O–H groups in total. The summed E-state index contributed by atoms with van der Waals surface area (Å²) >= 11 is 0. The molecular formula is C16H31NO3. The molecule has 1 aliphatic heterocycles. The maximum atomic E-state index is 11.8. The van der Waals surface area contributed by atoms with E-state index in [-0.39, 0.29) is 0 Å². The van der Waals surface area contributed by atoms with Crippen LogP contribution in [-0.4, -0.2) is 48.3 Å². The number of carboxylic acid groups (broad SMARTS) is 1. The van der Waals surface area contributed by atoms with Gasteiger partial charge in [0.1, 0.15) is 5.41 Å². The van der Waals surface area contributed by atoms with Gasteiger partial charge in [-0.25, -0.2) is 0 Å². The number of hydrogen-bond donors (Lipinski definition) is 1. The van der Waals surface area contributed by atoms with E-state index in [0.717, 1.165) is 32.2 Å². The lowest BCUT2D eigenvalue weighted by Crippen LogP contribution is -2.51. The smallest absolute Gasteiger partial charge is 0.313 e. The molecule has 0 aromatic carbocycles. The van der Waals surface area contributed by atoms with E-state index in [1.165, 1.54) is 0 Å². The van der Waals surface area contributed by atoms with Gasteiger partial charge in [-0.15, -0.1) is 0 Å². The van der Waals surface area contributed by atoms with E-state index in [1.807, 2.05) is 0 Å². The summed E-state index contributed by atoms with van der Waals surface area (Å²) in [5, 5.41) is 9.69. The van der Waals surface area contributed by atoms with Crippen LogP contribution in [0.25, 0.3) is 0 Å². The van der Waals surface area contributed by atoms with Gasteiger partial charge in [0.25, 0.3) is 0 Å². The highest BCUT2D eigenvalue weighted by Crippen LogP contribution is 2.31. The first-order chi connectivity index (χ1) is 9.45. The molecule has 1 fully saturated rings. The second-order valence-electron chi connectivity index (χ2n) is 6.54. The Morgan fingerprint density at radius 1 is 1.35 bits per heavy atom. The molecule has 4 nitrogen and oxygen atoms in total. The van der Waals surface area contributed by atoms with Crippen molar-refractivity contribution in [3.8, 4) is 0 Å². The Balaban J connectivity index is 2.86. The number of hydrogen-bond acceptors (Lipinski definition) is 3. The number of carbonyl (C=O) groups is 1. The fourth-order valence-electron chi connectivity index (χ4n) is 3.22. The molecule has 0 aromatic rings. The third-order valence-corrected chi connectivity index (χ3v) is 4.34. The van der Waals surface area contributed by atoms with Crippen LogP contribution in [0.1, 0.15) is 53.4 Å². The van der Waals surface area contributed by atoms with E-state index >= 15 is 0 Å². The van der Waals surface area contributed by atoms with Gasteiger partial charge < -0.3 is 9.84 Å². The molecule has 1 unspecified atom stereocenters. The quantitative estimate of drug-likeness (QED) is 0.745. The first-order valence-electron chi connectivity index (χ1n) is 8.00. The molecule has 0 spiro atoms. The molecule has 0 bridgehead atoms. The molecule has 0 aliphatic carbocycles. The van der Waals surface area contributed by atoms with Gasteiger partial charge >= 0.3 is 5.97 Å². The van der Waals surface area contributed by atoms with E-state index in [9.17, 15) is 9.90 Å². The Labute approximate surface area is 123 Å². The molecule has 1 heterocycles. The summed E-state index contributed by atoms with van der Waals surface area (Å²) in [6.45, 7) is 11.4. The molecule has 0 amide bonds. The largest absolute Gasteiger partial charge is 0.481 e. The summed E-state index contributed by atoms with van der Waals surface area (Å²) in [7, 11) is 0. The summed E-state index contributed by atoms with van der Waals surface area (Å²) in [5.41, 5.74) is -0.713. The van der Waals surface area contributed by atoms with Crippen molar-refractivity contribution in [2.45, 2.75) is 59.4 Å². The van der Waals surface area contributed by atoms with Gasteiger partial charge in [-0.1, -0.05) is 27.7 Å². The minimum atomic E-state index is -0.713. The second kappa shape index (κ2) is 7.99. The predicted molar refractivity (Wildman–Crippen MR) is 80.9 cm³/mol. The summed E-state index contributed by atoms with van der Waals surface area (Å²) < 4.78 is 5.49. The van der Waals surface area contributed by atoms with E-state index in [0.29, 0.717) is 31.7 Å². The Morgan fingerprint density at radius 3 is 2.40 bits per heavy atom. The minimum absolute atomic E-state index is 0.358. The number of aliphatic carboxylic acids is 1. The van der Waals surface area contributed by atoms with Crippen molar-refractivity contribution < 1.29 is 14.6 Å². The van der Waals surface area contributed by atoms with Crippen LogP contribution >= 0.6 is 0 Å². The predicted octanol–water partition coefficient (Wildman–Crippen LogP) is 3.01. The SMILES string of the molecule is CCC(CC)N(CC(C)C)CC1(C(=O)O)CCCOC1. The molecular weight excluding hydrogens is 254 g/mol. The average molecular weight is 285 g/mol. The van der Waals surface area contributed by atoms with Gasteiger partial charge in [0, 0.05) is 25.7 Å². The highest BCUT2D eigenvalue weighted by Gasteiger charge is 2.42. The highest BCUT2D eigenvalue weighted by molar-refractivity contribution is 5.75. The maximum absolute atomic E-state index is 11.8. The maximum Gasteiger partial charge on any atom is 0.313 e. The first-order valence-corrected chi connectivity index (χ1v) is 8.00. The molecule has 1 rings (SSSR count). The molecule has 1 atom stereocenters. The molecule has 0 radical (unpaired) electrons. The lowest BCUT2D eigenvalue weighted by Gasteiger charge is -2.41. The monoisotopic (exact) mass is 285 g/mol. The zero-order valence-electron chi connectivity index (χ0n) is 13.5. The van der Waals surface area contributed by atoms with Crippen molar-refractivity contribution >= 4 is 5.97 Å². The third-order valence-electron chi connectivity index (χ3n) is 4.34. The molecule has 118 valence electrons.